The molecule has 0 bridgehead atoms. The summed E-state index contributed by atoms with van der Waals surface area (Å²) in [7, 11) is 0. The summed E-state index contributed by atoms with van der Waals surface area (Å²) < 4.78 is 4.98. The lowest BCUT2D eigenvalue weighted by molar-refractivity contribution is -0.00928. The Bertz CT molecular complexity index is 671. The third-order valence-corrected chi connectivity index (χ3v) is 5.09. The molecule has 2 amide bonds. The molecule has 136 valence electrons. The van der Waals surface area contributed by atoms with E-state index in [0.717, 1.165) is 5.56 Å². The summed E-state index contributed by atoms with van der Waals surface area (Å²) in [6.45, 7) is 5.51. The molecule has 2 heterocycles. The van der Waals surface area contributed by atoms with Crippen LogP contribution in [0.15, 0.2) is 18.2 Å². The number of hydrogen-bond donors (Lipinski definition) is 2. The molecule has 2 atom stereocenters. The van der Waals surface area contributed by atoms with Crippen LogP contribution in [-0.4, -0.2) is 70.6 Å². The monoisotopic (exact) mass is 348 g/mol. The van der Waals surface area contributed by atoms with Crippen molar-refractivity contribution in [3.63, 3.8) is 0 Å². The molecule has 0 aliphatic carbocycles. The molecule has 1 aromatic carbocycles. The highest BCUT2D eigenvalue weighted by Crippen LogP contribution is 2.30. The Labute approximate surface area is 146 Å². The van der Waals surface area contributed by atoms with Crippen LogP contribution >= 0.6 is 0 Å². The first-order valence-electron chi connectivity index (χ1n) is 8.52. The zero-order valence-corrected chi connectivity index (χ0v) is 14.5. The van der Waals surface area contributed by atoms with Crippen LogP contribution in [-0.2, 0) is 4.74 Å². The summed E-state index contributed by atoms with van der Waals surface area (Å²) in [5.41, 5.74) is 3.45. The molecule has 7 nitrogen and oxygen atoms in total. The van der Waals surface area contributed by atoms with Crippen molar-refractivity contribution in [2.24, 2.45) is 0 Å². The molecule has 7 heteroatoms. The minimum Gasteiger partial charge on any atom is -0.450 e. The van der Waals surface area contributed by atoms with Crippen molar-refractivity contribution in [1.29, 1.82) is 0 Å². The standard InChI is InChI=1S/C18H24N2O5/c1-11-3-4-13(5-12(11)2)14-6-16(25-18(23)24)10-19(7-14)17(22)20-8-15(21)9-20/h3-5,14-16,21H,6-10H2,1-2H3,(H,23,24). The van der Waals surface area contributed by atoms with Crippen LogP contribution in [0.1, 0.15) is 29.0 Å². The Balaban J connectivity index is 1.78. The molecule has 0 spiro atoms. The fourth-order valence-electron chi connectivity index (χ4n) is 3.51. The quantitative estimate of drug-likeness (QED) is 0.797. The summed E-state index contributed by atoms with van der Waals surface area (Å²) >= 11 is 0. The van der Waals surface area contributed by atoms with Gasteiger partial charge in [0.25, 0.3) is 0 Å². The van der Waals surface area contributed by atoms with Gasteiger partial charge in [-0.1, -0.05) is 18.2 Å². The van der Waals surface area contributed by atoms with Crippen molar-refractivity contribution in [3.8, 4) is 0 Å². The molecular weight excluding hydrogens is 324 g/mol. The number of β-amino-alcohol motifs (C(OH)–C–C–N with tert-alkyl or cyclic N) is 1. The van der Waals surface area contributed by atoms with Crippen LogP contribution in [0.5, 0.6) is 0 Å². The van der Waals surface area contributed by atoms with Gasteiger partial charge in [-0.2, -0.15) is 0 Å². The van der Waals surface area contributed by atoms with Gasteiger partial charge in [0.15, 0.2) is 0 Å². The number of piperidine rings is 1. The minimum absolute atomic E-state index is 0.0209. The second-order valence-corrected chi connectivity index (χ2v) is 7.03. The molecule has 2 fully saturated rings. The molecule has 1 aromatic rings. The summed E-state index contributed by atoms with van der Waals surface area (Å²) in [5, 5.41) is 18.4. The number of urea groups is 1. The predicted molar refractivity (Wildman–Crippen MR) is 90.7 cm³/mol. The number of nitrogens with zero attached hydrogens (tertiary/aromatic N) is 2. The molecule has 25 heavy (non-hydrogen) atoms. The molecular formula is C18H24N2O5. The summed E-state index contributed by atoms with van der Waals surface area (Å²) in [6, 6.07) is 6.01. The average molecular weight is 348 g/mol. The zero-order valence-electron chi connectivity index (χ0n) is 14.5. The first kappa shape index (κ1) is 17.5. The minimum atomic E-state index is -1.32. The molecule has 2 saturated heterocycles. The largest absolute Gasteiger partial charge is 0.506 e. The van der Waals surface area contributed by atoms with Gasteiger partial charge in [-0.15, -0.1) is 0 Å². The molecule has 2 N–H and O–H groups in total. The molecule has 2 aliphatic heterocycles. The van der Waals surface area contributed by atoms with Crippen LogP contribution in [0.2, 0.25) is 0 Å². The van der Waals surface area contributed by atoms with Crippen molar-refractivity contribution in [1.82, 2.24) is 9.80 Å². The Morgan fingerprint density at radius 2 is 1.76 bits per heavy atom. The van der Waals surface area contributed by atoms with E-state index >= 15 is 0 Å². The normalized spacial score (nSPS) is 24.0. The Morgan fingerprint density at radius 1 is 1.08 bits per heavy atom. The molecule has 3 rings (SSSR count). The van der Waals surface area contributed by atoms with Gasteiger partial charge >= 0.3 is 12.2 Å². The van der Waals surface area contributed by atoms with Crippen LogP contribution in [0.4, 0.5) is 9.59 Å². The number of aryl methyl sites for hydroxylation is 2. The van der Waals surface area contributed by atoms with Gasteiger partial charge < -0.3 is 24.7 Å². The van der Waals surface area contributed by atoms with Gasteiger partial charge in [0.05, 0.1) is 25.7 Å². The van der Waals surface area contributed by atoms with E-state index in [2.05, 4.69) is 6.07 Å². The third-order valence-electron chi connectivity index (χ3n) is 5.09. The highest BCUT2D eigenvalue weighted by Gasteiger charge is 2.38. The van der Waals surface area contributed by atoms with E-state index in [9.17, 15) is 14.7 Å². The molecule has 0 aromatic heterocycles. The van der Waals surface area contributed by atoms with Crippen molar-refractivity contribution in [2.75, 3.05) is 26.2 Å². The maximum atomic E-state index is 12.6. The highest BCUT2D eigenvalue weighted by molar-refractivity contribution is 5.75. The van der Waals surface area contributed by atoms with E-state index in [4.69, 9.17) is 9.84 Å². The SMILES string of the molecule is Cc1ccc(C2CC(OC(=O)O)CN(C(=O)N3CC(O)C3)C2)cc1C. The Morgan fingerprint density at radius 3 is 2.36 bits per heavy atom. The number of carboxylic acid groups (broad SMARTS) is 1. The van der Waals surface area contributed by atoms with Crippen LogP contribution in [0, 0.1) is 13.8 Å². The lowest BCUT2D eigenvalue weighted by Gasteiger charge is -2.43. The van der Waals surface area contributed by atoms with Gasteiger partial charge in [-0.3, -0.25) is 0 Å². The second kappa shape index (κ2) is 6.92. The summed E-state index contributed by atoms with van der Waals surface area (Å²) in [5.74, 6) is 0.0209. The number of benzene rings is 1. The van der Waals surface area contributed by atoms with E-state index in [1.54, 1.807) is 9.80 Å². The van der Waals surface area contributed by atoms with Crippen LogP contribution < -0.4 is 0 Å². The van der Waals surface area contributed by atoms with Gasteiger partial charge in [-0.05, 0) is 37.0 Å². The lowest BCUT2D eigenvalue weighted by Crippen LogP contribution is -2.60. The number of amides is 2. The van der Waals surface area contributed by atoms with Gasteiger partial charge in [-0.25, -0.2) is 9.59 Å². The van der Waals surface area contributed by atoms with Gasteiger partial charge in [0, 0.05) is 12.5 Å². The van der Waals surface area contributed by atoms with Gasteiger partial charge in [0.2, 0.25) is 0 Å². The fraction of sp³-hybridized carbons (Fsp3) is 0.556. The van der Waals surface area contributed by atoms with Crippen molar-refractivity contribution < 1.29 is 24.5 Å². The number of rotatable bonds is 2. The number of ether oxygens (including phenoxy) is 1. The first-order chi connectivity index (χ1) is 11.8. The van der Waals surface area contributed by atoms with E-state index in [-0.39, 0.29) is 18.5 Å². The van der Waals surface area contributed by atoms with Gasteiger partial charge in [0.1, 0.15) is 6.10 Å². The topological polar surface area (TPSA) is 90.3 Å². The lowest BCUT2D eigenvalue weighted by atomic mass is 9.87. The number of hydrogen-bond acceptors (Lipinski definition) is 4. The zero-order chi connectivity index (χ0) is 18.1. The molecule has 0 saturated carbocycles. The summed E-state index contributed by atoms with van der Waals surface area (Å²) in [6.07, 6.45) is -1.78. The van der Waals surface area contributed by atoms with E-state index < -0.39 is 18.4 Å². The Hall–Kier alpha value is -2.28. The van der Waals surface area contributed by atoms with E-state index in [1.807, 2.05) is 26.0 Å². The molecule has 0 radical (unpaired) electrons. The maximum absolute atomic E-state index is 12.6. The second-order valence-electron chi connectivity index (χ2n) is 7.03. The smallest absolute Gasteiger partial charge is 0.450 e. The number of aliphatic hydroxyl groups is 1. The maximum Gasteiger partial charge on any atom is 0.506 e. The van der Waals surface area contributed by atoms with Crippen LogP contribution in [0.25, 0.3) is 0 Å². The van der Waals surface area contributed by atoms with Crippen molar-refractivity contribution in [3.05, 3.63) is 34.9 Å². The van der Waals surface area contributed by atoms with Crippen molar-refractivity contribution in [2.45, 2.75) is 38.4 Å². The predicted octanol–water partition coefficient (Wildman–Crippen LogP) is 1.95. The molecule has 2 unspecified atom stereocenters. The third kappa shape index (κ3) is 3.87. The average Bonchev–Trinajstić information content (AvgIpc) is 2.53. The number of carbonyl (C=O) groups is 2. The fourth-order valence-corrected chi connectivity index (χ4v) is 3.51. The van der Waals surface area contributed by atoms with E-state index in [0.29, 0.717) is 26.1 Å². The number of carbonyl (C=O) groups excluding carboxylic acids is 1. The number of aliphatic hydroxyl groups excluding tert-OH is 1. The van der Waals surface area contributed by atoms with E-state index in [1.165, 1.54) is 11.1 Å². The van der Waals surface area contributed by atoms with Crippen LogP contribution in [0.3, 0.4) is 0 Å². The number of likely N-dealkylation sites (tertiary alicyclic amines) is 2. The highest BCUT2D eigenvalue weighted by atomic mass is 16.7. The molecule has 2 aliphatic rings. The Kier molecular flexibility index (Phi) is 4.85. The first-order valence-corrected chi connectivity index (χ1v) is 8.52. The van der Waals surface area contributed by atoms with Crippen molar-refractivity contribution >= 4 is 12.2 Å². The summed E-state index contributed by atoms with van der Waals surface area (Å²) in [4.78, 5) is 26.8.